The summed E-state index contributed by atoms with van der Waals surface area (Å²) in [6.07, 6.45) is 1.85. The molecular formula is C19H25N3O3S. The van der Waals surface area contributed by atoms with Crippen LogP contribution in [0.5, 0.6) is 0 Å². The van der Waals surface area contributed by atoms with Gasteiger partial charge in [0.05, 0.1) is 11.9 Å². The van der Waals surface area contributed by atoms with Crippen LogP contribution < -0.4 is 15.4 Å². The molecule has 2 aromatic carbocycles. The van der Waals surface area contributed by atoms with Crippen molar-refractivity contribution >= 4 is 21.7 Å². The zero-order valence-electron chi connectivity index (χ0n) is 15.3. The Kier molecular flexibility index (Phi) is 6.63. The van der Waals surface area contributed by atoms with Gasteiger partial charge in [-0.1, -0.05) is 42.0 Å². The third-order valence-electron chi connectivity index (χ3n) is 3.93. The first kappa shape index (κ1) is 19.8. The fraction of sp³-hybridized carbons (Fsp3) is 0.316. The summed E-state index contributed by atoms with van der Waals surface area (Å²) in [7, 11) is -3.37. The molecule has 2 aromatic rings. The smallest absolute Gasteiger partial charge is 0.315 e. The number of carbonyl (C=O) groups excluding carboxylic acids is 1. The highest BCUT2D eigenvalue weighted by atomic mass is 32.2. The van der Waals surface area contributed by atoms with E-state index in [2.05, 4.69) is 47.4 Å². The minimum absolute atomic E-state index is 0.230. The number of sulfonamides is 1. The fourth-order valence-electron chi connectivity index (χ4n) is 2.65. The van der Waals surface area contributed by atoms with Gasteiger partial charge in [-0.2, -0.15) is 0 Å². The molecule has 0 aliphatic rings. The molecule has 2 rings (SSSR count). The number of amides is 2. The molecule has 6 nitrogen and oxygen atoms in total. The van der Waals surface area contributed by atoms with Gasteiger partial charge in [-0.15, -0.1) is 0 Å². The largest absolute Gasteiger partial charge is 0.338 e. The van der Waals surface area contributed by atoms with E-state index in [1.807, 2.05) is 0 Å². The van der Waals surface area contributed by atoms with Crippen molar-refractivity contribution in [3.63, 3.8) is 0 Å². The van der Waals surface area contributed by atoms with Gasteiger partial charge in [0.1, 0.15) is 0 Å². The minimum Gasteiger partial charge on any atom is -0.338 e. The van der Waals surface area contributed by atoms with Crippen molar-refractivity contribution in [1.29, 1.82) is 0 Å². The Morgan fingerprint density at radius 3 is 2.42 bits per heavy atom. The van der Waals surface area contributed by atoms with Crippen molar-refractivity contribution < 1.29 is 13.2 Å². The highest BCUT2D eigenvalue weighted by Crippen LogP contribution is 2.16. The average Bonchev–Trinajstić information content (AvgIpc) is 2.54. The Hall–Kier alpha value is -2.54. The molecule has 7 heteroatoms. The monoisotopic (exact) mass is 375 g/mol. The molecule has 2 amide bonds. The normalized spacial score (nSPS) is 11.0. The van der Waals surface area contributed by atoms with E-state index in [1.165, 1.54) is 16.7 Å². The second-order valence-corrected chi connectivity index (χ2v) is 8.07. The maximum Gasteiger partial charge on any atom is 0.315 e. The number of hydrogen-bond donors (Lipinski definition) is 3. The van der Waals surface area contributed by atoms with Crippen LogP contribution in [0.25, 0.3) is 0 Å². The molecule has 140 valence electrons. The van der Waals surface area contributed by atoms with Crippen LogP contribution >= 0.6 is 0 Å². The van der Waals surface area contributed by atoms with Crippen LogP contribution in [0.1, 0.15) is 22.3 Å². The quantitative estimate of drug-likeness (QED) is 0.695. The third-order valence-corrected chi connectivity index (χ3v) is 4.52. The molecule has 0 aromatic heterocycles. The lowest BCUT2D eigenvalue weighted by Crippen LogP contribution is -2.36. The lowest BCUT2D eigenvalue weighted by Gasteiger charge is -2.12. The number of aryl methyl sites for hydroxylation is 2. The van der Waals surface area contributed by atoms with Crippen molar-refractivity contribution in [1.82, 2.24) is 10.6 Å². The molecule has 0 saturated carbocycles. The van der Waals surface area contributed by atoms with Crippen LogP contribution in [0, 0.1) is 13.8 Å². The Morgan fingerprint density at radius 2 is 1.73 bits per heavy atom. The zero-order valence-corrected chi connectivity index (χ0v) is 16.1. The zero-order chi connectivity index (χ0) is 19.2. The number of hydrogen-bond acceptors (Lipinski definition) is 3. The number of nitrogens with one attached hydrogen (secondary N) is 3. The first-order valence-electron chi connectivity index (χ1n) is 8.38. The molecule has 0 radical (unpaired) electrons. The molecule has 0 spiro atoms. The molecule has 0 saturated heterocycles. The predicted molar refractivity (Wildman–Crippen MR) is 105 cm³/mol. The van der Waals surface area contributed by atoms with Crippen LogP contribution in [-0.4, -0.2) is 27.2 Å². The second-order valence-electron chi connectivity index (χ2n) is 6.32. The Balaban J connectivity index is 1.84. The third kappa shape index (κ3) is 6.40. The summed E-state index contributed by atoms with van der Waals surface area (Å²) in [5, 5.41) is 5.57. The summed E-state index contributed by atoms with van der Waals surface area (Å²) in [5.74, 6) is 0. The molecule has 3 N–H and O–H groups in total. The predicted octanol–water partition coefficient (Wildman–Crippen LogP) is 2.72. The van der Waals surface area contributed by atoms with E-state index in [9.17, 15) is 13.2 Å². The maximum atomic E-state index is 12.0. The van der Waals surface area contributed by atoms with Crippen molar-refractivity contribution in [2.24, 2.45) is 0 Å². The van der Waals surface area contributed by atoms with E-state index in [-0.39, 0.29) is 12.6 Å². The molecular weight excluding hydrogens is 350 g/mol. The topological polar surface area (TPSA) is 87.3 Å². The van der Waals surface area contributed by atoms with Gasteiger partial charge >= 0.3 is 6.03 Å². The van der Waals surface area contributed by atoms with Crippen molar-refractivity contribution in [2.75, 3.05) is 17.5 Å². The molecule has 0 atom stereocenters. The first-order chi connectivity index (χ1) is 12.2. The number of para-hydroxylation sites is 1. The number of anilines is 1. The van der Waals surface area contributed by atoms with Crippen LogP contribution in [0.4, 0.5) is 10.5 Å². The number of urea groups is 1. The standard InChI is InChI=1S/C19H25N3O3S/c1-14-8-9-16(15(2)12-14)10-11-20-19(23)21-13-17-6-4-5-7-18(17)22-26(3,24)25/h4-9,12,22H,10-11,13H2,1-3H3,(H2,20,21,23). The highest BCUT2D eigenvalue weighted by Gasteiger charge is 2.08. The number of benzene rings is 2. The van der Waals surface area contributed by atoms with E-state index in [1.54, 1.807) is 24.3 Å². The summed E-state index contributed by atoms with van der Waals surface area (Å²) in [6, 6.07) is 12.9. The van der Waals surface area contributed by atoms with Gasteiger partial charge in [0, 0.05) is 13.1 Å². The van der Waals surface area contributed by atoms with Crippen molar-refractivity contribution in [3.8, 4) is 0 Å². The van der Waals surface area contributed by atoms with E-state index in [0.717, 1.165) is 12.7 Å². The second kappa shape index (κ2) is 8.71. The summed E-state index contributed by atoms with van der Waals surface area (Å²) in [4.78, 5) is 12.0. The molecule has 0 fully saturated rings. The van der Waals surface area contributed by atoms with Gasteiger partial charge in [0.15, 0.2) is 0 Å². The fourth-order valence-corrected chi connectivity index (χ4v) is 3.25. The average molecular weight is 375 g/mol. The molecule has 0 unspecified atom stereocenters. The van der Waals surface area contributed by atoms with Gasteiger partial charge < -0.3 is 10.6 Å². The Morgan fingerprint density at radius 1 is 1.00 bits per heavy atom. The first-order valence-corrected chi connectivity index (χ1v) is 10.3. The van der Waals surface area contributed by atoms with E-state index in [4.69, 9.17) is 0 Å². The van der Waals surface area contributed by atoms with Crippen LogP contribution in [0.3, 0.4) is 0 Å². The summed E-state index contributed by atoms with van der Waals surface area (Å²) >= 11 is 0. The number of carbonyl (C=O) groups is 1. The van der Waals surface area contributed by atoms with E-state index < -0.39 is 10.0 Å². The van der Waals surface area contributed by atoms with Gasteiger partial charge in [0.25, 0.3) is 0 Å². The number of rotatable bonds is 7. The summed E-state index contributed by atoms with van der Waals surface area (Å²) in [5.41, 5.74) is 4.80. The van der Waals surface area contributed by atoms with Crippen molar-refractivity contribution in [2.45, 2.75) is 26.8 Å². The molecule has 0 bridgehead atoms. The molecule has 0 aliphatic heterocycles. The van der Waals surface area contributed by atoms with E-state index >= 15 is 0 Å². The Bertz CT molecular complexity index is 879. The molecule has 26 heavy (non-hydrogen) atoms. The van der Waals surface area contributed by atoms with Gasteiger partial charge in [-0.05, 0) is 43.0 Å². The minimum atomic E-state index is -3.37. The van der Waals surface area contributed by atoms with Crippen LogP contribution in [0.2, 0.25) is 0 Å². The highest BCUT2D eigenvalue weighted by molar-refractivity contribution is 7.92. The van der Waals surface area contributed by atoms with Crippen LogP contribution in [0.15, 0.2) is 42.5 Å². The Labute approximate surface area is 155 Å². The maximum absolute atomic E-state index is 12.0. The molecule has 0 heterocycles. The van der Waals surface area contributed by atoms with Gasteiger partial charge in [-0.25, -0.2) is 13.2 Å². The van der Waals surface area contributed by atoms with E-state index in [0.29, 0.717) is 17.8 Å². The SMILES string of the molecule is Cc1ccc(CCNC(=O)NCc2ccccc2NS(C)(=O)=O)c(C)c1. The lowest BCUT2D eigenvalue weighted by molar-refractivity contribution is 0.240. The van der Waals surface area contributed by atoms with Gasteiger partial charge in [-0.3, -0.25) is 4.72 Å². The lowest BCUT2D eigenvalue weighted by atomic mass is 10.0. The van der Waals surface area contributed by atoms with Crippen molar-refractivity contribution in [3.05, 3.63) is 64.7 Å². The summed E-state index contributed by atoms with van der Waals surface area (Å²) in [6.45, 7) is 4.88. The summed E-state index contributed by atoms with van der Waals surface area (Å²) < 4.78 is 25.3. The van der Waals surface area contributed by atoms with Gasteiger partial charge in [0.2, 0.25) is 10.0 Å². The van der Waals surface area contributed by atoms with Crippen LogP contribution in [-0.2, 0) is 23.0 Å². The molecule has 0 aliphatic carbocycles.